The highest BCUT2D eigenvalue weighted by molar-refractivity contribution is 6.32. The molecule has 0 atom stereocenters. The van der Waals surface area contributed by atoms with Gasteiger partial charge < -0.3 is 14.2 Å². The van der Waals surface area contributed by atoms with Gasteiger partial charge in [-0.3, -0.25) is 9.36 Å². The largest absolute Gasteiger partial charge is 0.482 e. The van der Waals surface area contributed by atoms with Crippen LogP contribution in [0.1, 0.15) is 5.69 Å². The number of methoxy groups -OCH3 is 1. The Labute approximate surface area is 193 Å². The van der Waals surface area contributed by atoms with Crippen molar-refractivity contribution in [1.82, 2.24) is 9.13 Å². The van der Waals surface area contributed by atoms with Crippen LogP contribution in [-0.4, -0.2) is 28.8 Å². The van der Waals surface area contributed by atoms with E-state index in [1.165, 1.54) is 31.4 Å². The van der Waals surface area contributed by atoms with Crippen molar-refractivity contribution in [2.24, 2.45) is 7.05 Å². The number of aromatic nitrogens is 2. The fourth-order valence-electron chi connectivity index (χ4n) is 2.84. The average molecular weight is 503 g/mol. The highest BCUT2D eigenvalue weighted by atomic mass is 35.5. The van der Waals surface area contributed by atoms with E-state index >= 15 is 0 Å². The first-order chi connectivity index (χ1) is 15.9. The number of hydrogen-bond donors (Lipinski definition) is 0. The molecule has 0 fully saturated rings. The van der Waals surface area contributed by atoms with Gasteiger partial charge in [0.25, 0.3) is 5.56 Å². The Hall–Kier alpha value is -3.80. The molecular formula is C21H15ClF4N2O6. The van der Waals surface area contributed by atoms with E-state index in [0.717, 1.165) is 19.2 Å². The summed E-state index contributed by atoms with van der Waals surface area (Å²) in [7, 11) is 1.99. The number of rotatable bonds is 6. The lowest BCUT2D eigenvalue weighted by atomic mass is 10.2. The Morgan fingerprint density at radius 2 is 1.76 bits per heavy atom. The second kappa shape index (κ2) is 9.59. The number of carbonyl (C=O) groups excluding carboxylic acids is 1. The van der Waals surface area contributed by atoms with Crippen LogP contribution in [0.5, 0.6) is 17.2 Å². The summed E-state index contributed by atoms with van der Waals surface area (Å²) in [5.41, 5.74) is -4.99. The molecule has 1 aromatic heterocycles. The highest BCUT2D eigenvalue weighted by Gasteiger charge is 2.35. The Morgan fingerprint density at radius 3 is 2.41 bits per heavy atom. The first-order valence-corrected chi connectivity index (χ1v) is 9.67. The maximum absolute atomic E-state index is 14.6. The third-order valence-corrected chi connectivity index (χ3v) is 4.77. The molecule has 0 amide bonds. The number of carbonyl (C=O) groups is 1. The minimum absolute atomic E-state index is 0.120. The topological polar surface area (TPSA) is 88.8 Å². The fourth-order valence-corrected chi connectivity index (χ4v) is 3.03. The van der Waals surface area contributed by atoms with Crippen LogP contribution in [0.3, 0.4) is 0 Å². The van der Waals surface area contributed by atoms with E-state index in [-0.39, 0.29) is 44.1 Å². The molecule has 0 spiro atoms. The summed E-state index contributed by atoms with van der Waals surface area (Å²) in [6.07, 6.45) is -4.97. The van der Waals surface area contributed by atoms with Gasteiger partial charge in [-0.25, -0.2) is 18.5 Å². The summed E-state index contributed by atoms with van der Waals surface area (Å²) in [4.78, 5) is 36.0. The summed E-state index contributed by atoms with van der Waals surface area (Å²) in [6.45, 7) is -0.373. The summed E-state index contributed by atoms with van der Waals surface area (Å²) >= 11 is 6.02. The minimum Gasteiger partial charge on any atom is -0.482 e. The van der Waals surface area contributed by atoms with Gasteiger partial charge in [-0.05, 0) is 18.2 Å². The van der Waals surface area contributed by atoms with Crippen molar-refractivity contribution in [3.63, 3.8) is 0 Å². The molecular weight excluding hydrogens is 488 g/mol. The van der Waals surface area contributed by atoms with Gasteiger partial charge >= 0.3 is 17.8 Å². The Balaban J connectivity index is 2.02. The van der Waals surface area contributed by atoms with Gasteiger partial charge in [-0.15, -0.1) is 0 Å². The van der Waals surface area contributed by atoms with Crippen LogP contribution in [0.25, 0.3) is 5.69 Å². The molecule has 180 valence electrons. The molecule has 0 unspecified atom stereocenters. The van der Waals surface area contributed by atoms with Gasteiger partial charge in [0.1, 0.15) is 28.8 Å². The molecule has 0 N–H and O–H groups in total. The molecule has 0 radical (unpaired) electrons. The van der Waals surface area contributed by atoms with Gasteiger partial charge in [0.2, 0.25) is 0 Å². The van der Waals surface area contributed by atoms with Gasteiger partial charge in [-0.1, -0.05) is 17.7 Å². The van der Waals surface area contributed by atoms with E-state index in [0.29, 0.717) is 0 Å². The van der Waals surface area contributed by atoms with E-state index in [2.05, 4.69) is 4.74 Å². The fraction of sp³-hybridized carbons (Fsp3) is 0.190. The van der Waals surface area contributed by atoms with E-state index in [1.54, 1.807) is 0 Å². The first kappa shape index (κ1) is 24.8. The van der Waals surface area contributed by atoms with E-state index in [9.17, 15) is 31.9 Å². The number of esters is 1. The average Bonchev–Trinajstić information content (AvgIpc) is 2.77. The molecule has 34 heavy (non-hydrogen) atoms. The van der Waals surface area contributed by atoms with E-state index < -0.39 is 40.6 Å². The van der Waals surface area contributed by atoms with Crippen LogP contribution < -0.4 is 20.7 Å². The van der Waals surface area contributed by atoms with Gasteiger partial charge in [0.15, 0.2) is 6.61 Å². The molecule has 0 aliphatic heterocycles. The molecule has 1 heterocycles. The Kier molecular flexibility index (Phi) is 7.01. The Morgan fingerprint density at radius 1 is 1.09 bits per heavy atom. The van der Waals surface area contributed by atoms with Gasteiger partial charge in [0, 0.05) is 25.2 Å². The van der Waals surface area contributed by atoms with Crippen molar-refractivity contribution < 1.29 is 36.6 Å². The van der Waals surface area contributed by atoms with Gasteiger partial charge in [0.05, 0.1) is 17.8 Å². The van der Waals surface area contributed by atoms with Crippen molar-refractivity contribution in [1.29, 1.82) is 0 Å². The van der Waals surface area contributed by atoms with Crippen LogP contribution in [0.15, 0.2) is 52.1 Å². The van der Waals surface area contributed by atoms with Crippen molar-refractivity contribution in [3.8, 4) is 22.9 Å². The van der Waals surface area contributed by atoms with Crippen LogP contribution in [0.2, 0.25) is 5.02 Å². The highest BCUT2D eigenvalue weighted by Crippen LogP contribution is 2.34. The zero-order valence-electron chi connectivity index (χ0n) is 17.5. The molecule has 0 aliphatic rings. The van der Waals surface area contributed by atoms with E-state index in [1.807, 2.05) is 0 Å². The lowest BCUT2D eigenvalue weighted by molar-refractivity contribution is -0.144. The molecule has 0 bridgehead atoms. The quantitative estimate of drug-likeness (QED) is 0.377. The number of ether oxygens (including phenoxy) is 3. The summed E-state index contributed by atoms with van der Waals surface area (Å²) in [5, 5.41) is -0.251. The number of hydrogen-bond acceptors (Lipinski definition) is 6. The number of benzene rings is 2. The van der Waals surface area contributed by atoms with Crippen molar-refractivity contribution in [2.75, 3.05) is 13.7 Å². The number of alkyl halides is 3. The standard InChI is InChI=1S/C21H15ClF4N2O6/c1-27-17(21(24,25)26)9-18(29)28(20(27)31)15-8-16(13(22)7-14(15)23)34-12-5-3-4-11(6-12)33-10-19(30)32-2/h3-9H,10H2,1-2H3. The normalized spacial score (nSPS) is 11.3. The van der Waals surface area contributed by atoms with Crippen molar-refractivity contribution in [2.45, 2.75) is 6.18 Å². The molecule has 3 rings (SSSR count). The predicted molar refractivity (Wildman–Crippen MR) is 111 cm³/mol. The summed E-state index contributed by atoms with van der Waals surface area (Å²) in [6, 6.07) is 7.68. The van der Waals surface area contributed by atoms with Crippen LogP contribution in [0.4, 0.5) is 17.6 Å². The second-order valence-electron chi connectivity index (χ2n) is 6.72. The van der Waals surface area contributed by atoms with Gasteiger partial charge in [-0.2, -0.15) is 13.2 Å². The molecule has 0 saturated carbocycles. The predicted octanol–water partition coefficient (Wildman–Crippen LogP) is 3.69. The monoisotopic (exact) mass is 502 g/mol. The third-order valence-electron chi connectivity index (χ3n) is 4.47. The summed E-state index contributed by atoms with van der Waals surface area (Å²) in [5.74, 6) is -1.65. The molecule has 0 saturated heterocycles. The Bertz CT molecular complexity index is 1370. The molecule has 0 aliphatic carbocycles. The zero-order valence-corrected chi connectivity index (χ0v) is 18.2. The third kappa shape index (κ3) is 5.22. The van der Waals surface area contributed by atoms with Crippen LogP contribution >= 0.6 is 11.6 Å². The summed E-state index contributed by atoms with van der Waals surface area (Å²) < 4.78 is 69.6. The molecule has 8 nitrogen and oxygen atoms in total. The SMILES string of the molecule is COC(=O)COc1cccc(Oc2cc(-n3c(=O)cc(C(F)(F)F)n(C)c3=O)c(F)cc2Cl)c1. The maximum Gasteiger partial charge on any atom is 0.431 e. The minimum atomic E-state index is -4.97. The smallest absolute Gasteiger partial charge is 0.431 e. The second-order valence-corrected chi connectivity index (χ2v) is 7.13. The lowest BCUT2D eigenvalue weighted by Crippen LogP contribution is -2.41. The van der Waals surface area contributed by atoms with E-state index in [4.69, 9.17) is 21.1 Å². The maximum atomic E-state index is 14.6. The number of halogens is 5. The van der Waals surface area contributed by atoms with Crippen molar-refractivity contribution in [3.05, 3.63) is 79.8 Å². The van der Waals surface area contributed by atoms with Crippen LogP contribution in [-0.2, 0) is 22.8 Å². The zero-order chi connectivity index (χ0) is 25.2. The molecule has 3 aromatic rings. The first-order valence-electron chi connectivity index (χ1n) is 9.29. The lowest BCUT2D eigenvalue weighted by Gasteiger charge is -2.15. The van der Waals surface area contributed by atoms with Crippen molar-refractivity contribution >= 4 is 17.6 Å². The molecule has 2 aromatic carbocycles. The molecule has 13 heteroatoms. The number of nitrogens with zero attached hydrogens (tertiary/aromatic N) is 2. The van der Waals surface area contributed by atoms with Crippen LogP contribution in [0, 0.1) is 5.82 Å².